The molecule has 0 heteroatoms. The Kier molecular flexibility index (Phi) is 5.02. The van der Waals surface area contributed by atoms with Gasteiger partial charge in [0.25, 0.3) is 0 Å². The molecule has 0 spiro atoms. The summed E-state index contributed by atoms with van der Waals surface area (Å²) >= 11 is 0. The third-order valence-electron chi connectivity index (χ3n) is 1.76. The Bertz CT molecular complexity index is 180. The Balaban J connectivity index is 2.41. The maximum atomic E-state index is 2.25. The maximum absolute atomic E-state index is 2.25. The van der Waals surface area contributed by atoms with Gasteiger partial charge in [-0.2, -0.15) is 0 Å². The van der Waals surface area contributed by atoms with Crippen LogP contribution in [0.5, 0.6) is 0 Å². The molecule has 0 unspecified atom stereocenters. The van der Waals surface area contributed by atoms with Gasteiger partial charge in [-0.05, 0) is 25.7 Å². The Morgan fingerprint density at radius 2 is 1.00 bits per heavy atom. The highest BCUT2D eigenvalue weighted by molar-refractivity contribution is 5.07. The van der Waals surface area contributed by atoms with Crippen molar-refractivity contribution in [2.24, 2.45) is 0 Å². The van der Waals surface area contributed by atoms with Gasteiger partial charge in [-0.25, -0.2) is 0 Å². The van der Waals surface area contributed by atoms with Crippen molar-refractivity contribution in [2.75, 3.05) is 0 Å². The first-order chi connectivity index (χ1) is 6.00. The van der Waals surface area contributed by atoms with Crippen molar-refractivity contribution in [3.8, 4) is 0 Å². The molecule has 0 atom stereocenters. The van der Waals surface area contributed by atoms with Crippen LogP contribution < -0.4 is 0 Å². The fourth-order valence-electron chi connectivity index (χ4n) is 1.09. The first kappa shape index (κ1) is 9.05. The molecule has 12 heavy (non-hydrogen) atoms. The van der Waals surface area contributed by atoms with Crippen molar-refractivity contribution >= 4 is 0 Å². The summed E-state index contributed by atoms with van der Waals surface area (Å²) in [4.78, 5) is 0. The number of hydrogen-bond donors (Lipinski definition) is 0. The molecule has 1 aliphatic carbocycles. The van der Waals surface area contributed by atoms with Gasteiger partial charge in [0.05, 0.1) is 0 Å². The number of rotatable bonds is 0. The van der Waals surface area contributed by atoms with Gasteiger partial charge in [-0.1, -0.05) is 48.6 Å². The molecule has 1 aliphatic rings. The Morgan fingerprint density at radius 3 is 1.50 bits per heavy atom. The summed E-state index contributed by atoms with van der Waals surface area (Å²) in [5.74, 6) is 0. The largest absolute Gasteiger partial charge is 0.0879 e. The van der Waals surface area contributed by atoms with Crippen LogP contribution in [-0.2, 0) is 0 Å². The van der Waals surface area contributed by atoms with E-state index < -0.39 is 0 Å². The van der Waals surface area contributed by atoms with Crippen LogP contribution in [0.1, 0.15) is 25.7 Å². The summed E-state index contributed by atoms with van der Waals surface area (Å²) in [5, 5.41) is 0. The third-order valence-corrected chi connectivity index (χ3v) is 1.76. The summed E-state index contributed by atoms with van der Waals surface area (Å²) < 4.78 is 0. The van der Waals surface area contributed by atoms with Gasteiger partial charge in [0, 0.05) is 0 Å². The van der Waals surface area contributed by atoms with E-state index in [9.17, 15) is 0 Å². The minimum Gasteiger partial charge on any atom is -0.0879 e. The Hall–Kier alpha value is -1.04. The highest BCUT2D eigenvalue weighted by atomic mass is 13.8. The van der Waals surface area contributed by atoms with E-state index in [4.69, 9.17) is 0 Å². The lowest BCUT2D eigenvalue weighted by Gasteiger charge is -1.88. The summed E-state index contributed by atoms with van der Waals surface area (Å²) in [6.45, 7) is 0. The molecule has 0 nitrogen and oxygen atoms in total. The predicted molar refractivity (Wildman–Crippen MR) is 55.0 cm³/mol. The minimum absolute atomic E-state index is 1.06. The van der Waals surface area contributed by atoms with Crippen LogP contribution in [0.2, 0.25) is 0 Å². The average molecular weight is 160 g/mol. The fraction of sp³-hybridized carbons (Fsp3) is 0.333. The lowest BCUT2D eigenvalue weighted by molar-refractivity contribution is 1.04. The lowest BCUT2D eigenvalue weighted by Crippen LogP contribution is -1.67. The molecule has 0 aromatic rings. The fourth-order valence-corrected chi connectivity index (χ4v) is 1.09. The molecular formula is C12H16. The van der Waals surface area contributed by atoms with Gasteiger partial charge in [-0.15, -0.1) is 0 Å². The van der Waals surface area contributed by atoms with Gasteiger partial charge in [0.1, 0.15) is 0 Å². The smallest absolute Gasteiger partial charge is 0.0166 e. The minimum atomic E-state index is 1.06. The van der Waals surface area contributed by atoms with Gasteiger partial charge < -0.3 is 0 Å². The van der Waals surface area contributed by atoms with Gasteiger partial charge in [0.15, 0.2) is 0 Å². The molecule has 0 N–H and O–H groups in total. The number of allylic oxidation sites excluding steroid dienone is 8. The summed E-state index contributed by atoms with van der Waals surface area (Å²) in [6, 6.07) is 0. The van der Waals surface area contributed by atoms with Gasteiger partial charge in [0.2, 0.25) is 0 Å². The van der Waals surface area contributed by atoms with Gasteiger partial charge >= 0.3 is 0 Å². The van der Waals surface area contributed by atoms with Crippen LogP contribution >= 0.6 is 0 Å². The second-order valence-corrected chi connectivity index (χ2v) is 2.85. The molecule has 0 radical (unpaired) electrons. The van der Waals surface area contributed by atoms with E-state index in [0.717, 1.165) is 12.8 Å². The van der Waals surface area contributed by atoms with Crippen molar-refractivity contribution in [1.29, 1.82) is 0 Å². The highest BCUT2D eigenvalue weighted by Crippen LogP contribution is 1.98. The van der Waals surface area contributed by atoms with E-state index in [0.29, 0.717) is 0 Å². The molecule has 0 saturated carbocycles. The standard InChI is InChI=1S/C12H16/c1-2-4-6-8-10-12-11-9-7-5-3-1/h1-4,7-10H,5-6,11-12H2. The molecule has 0 fully saturated rings. The maximum Gasteiger partial charge on any atom is -0.0166 e. The third kappa shape index (κ3) is 4.73. The van der Waals surface area contributed by atoms with Crippen LogP contribution in [0.25, 0.3) is 0 Å². The highest BCUT2D eigenvalue weighted by Gasteiger charge is 1.77. The van der Waals surface area contributed by atoms with Crippen LogP contribution in [0.15, 0.2) is 48.6 Å². The molecule has 0 saturated heterocycles. The number of hydrogen-bond acceptors (Lipinski definition) is 0. The first-order valence-corrected chi connectivity index (χ1v) is 4.62. The van der Waals surface area contributed by atoms with Crippen molar-refractivity contribution in [2.45, 2.75) is 25.7 Å². The molecule has 0 bridgehead atoms. The molecule has 0 heterocycles. The topological polar surface area (TPSA) is 0 Å². The molecule has 64 valence electrons. The summed E-state index contributed by atoms with van der Waals surface area (Å²) in [6.07, 6.45) is 22.0. The molecule has 1 rings (SSSR count). The molecular weight excluding hydrogens is 144 g/mol. The van der Waals surface area contributed by atoms with Crippen LogP contribution in [0.4, 0.5) is 0 Å². The Morgan fingerprint density at radius 1 is 0.500 bits per heavy atom. The second kappa shape index (κ2) is 6.66. The summed E-state index contributed by atoms with van der Waals surface area (Å²) in [5.41, 5.74) is 0. The first-order valence-electron chi connectivity index (χ1n) is 4.62. The molecule has 0 aromatic carbocycles. The van der Waals surface area contributed by atoms with Crippen LogP contribution in [0, 0.1) is 0 Å². The van der Waals surface area contributed by atoms with Crippen LogP contribution in [-0.4, -0.2) is 0 Å². The Labute approximate surface area is 75.0 Å². The molecule has 0 amide bonds. The zero-order valence-corrected chi connectivity index (χ0v) is 7.45. The van der Waals surface area contributed by atoms with Crippen molar-refractivity contribution in [1.82, 2.24) is 0 Å². The van der Waals surface area contributed by atoms with E-state index in [1.807, 2.05) is 0 Å². The van der Waals surface area contributed by atoms with E-state index in [1.54, 1.807) is 0 Å². The predicted octanol–water partition coefficient (Wildman–Crippen LogP) is 3.79. The van der Waals surface area contributed by atoms with E-state index >= 15 is 0 Å². The quantitative estimate of drug-likeness (QED) is 0.473. The molecule has 0 aromatic heterocycles. The summed E-state index contributed by atoms with van der Waals surface area (Å²) in [7, 11) is 0. The van der Waals surface area contributed by atoms with E-state index in [2.05, 4.69) is 48.6 Å². The zero-order chi connectivity index (χ0) is 8.49. The monoisotopic (exact) mass is 160 g/mol. The second-order valence-electron chi connectivity index (χ2n) is 2.85. The molecule has 0 aliphatic heterocycles. The SMILES string of the molecule is C1=CCC=CCCC=CCC=C1. The normalized spacial score (nSPS) is 18.7. The van der Waals surface area contributed by atoms with Crippen LogP contribution in [0.3, 0.4) is 0 Å². The van der Waals surface area contributed by atoms with Crippen molar-refractivity contribution < 1.29 is 0 Å². The lowest BCUT2D eigenvalue weighted by atomic mass is 10.2. The van der Waals surface area contributed by atoms with Crippen molar-refractivity contribution in [3.05, 3.63) is 48.6 Å². The van der Waals surface area contributed by atoms with E-state index in [1.165, 1.54) is 12.8 Å². The zero-order valence-electron chi connectivity index (χ0n) is 7.45. The van der Waals surface area contributed by atoms with Crippen molar-refractivity contribution in [3.63, 3.8) is 0 Å². The van der Waals surface area contributed by atoms with Gasteiger partial charge in [-0.3, -0.25) is 0 Å². The average Bonchev–Trinajstić information content (AvgIpc) is 2.05. The van der Waals surface area contributed by atoms with E-state index in [-0.39, 0.29) is 0 Å².